The Kier molecular flexibility index (Phi) is 3.06. The summed E-state index contributed by atoms with van der Waals surface area (Å²) in [7, 11) is 1.88. The lowest BCUT2D eigenvalue weighted by atomic mass is 10.0. The van der Waals surface area contributed by atoms with E-state index in [0.717, 1.165) is 41.2 Å². The molecule has 3 aromatic rings. The number of aromatic nitrogens is 4. The summed E-state index contributed by atoms with van der Waals surface area (Å²) in [5, 5.41) is 12.8. The SMILES string of the molecule is Cn1nccc1-n1nc(C2CC2)c2c1C(c1ccc(Cl)cc1)NC2=O. The lowest BCUT2D eigenvalue weighted by molar-refractivity contribution is 0.0959. The van der Waals surface area contributed by atoms with Gasteiger partial charge < -0.3 is 5.32 Å². The topological polar surface area (TPSA) is 64.7 Å². The minimum Gasteiger partial charge on any atom is -0.339 e. The number of fused-ring (bicyclic) bond motifs is 1. The lowest BCUT2D eigenvalue weighted by Gasteiger charge is -2.15. The van der Waals surface area contributed by atoms with Crippen molar-refractivity contribution >= 4 is 17.5 Å². The number of carbonyl (C=O) groups excluding carboxylic acids is 1. The highest BCUT2D eigenvalue weighted by Gasteiger charge is 2.42. The average molecular weight is 354 g/mol. The molecule has 1 unspecified atom stereocenters. The second-order valence-corrected chi connectivity index (χ2v) is 7.04. The second kappa shape index (κ2) is 5.20. The van der Waals surface area contributed by atoms with Gasteiger partial charge in [-0.1, -0.05) is 23.7 Å². The summed E-state index contributed by atoms with van der Waals surface area (Å²) in [5.41, 5.74) is 3.51. The van der Waals surface area contributed by atoms with E-state index in [9.17, 15) is 4.79 Å². The van der Waals surface area contributed by atoms with Crippen molar-refractivity contribution in [3.63, 3.8) is 0 Å². The van der Waals surface area contributed by atoms with E-state index >= 15 is 0 Å². The molecule has 0 saturated heterocycles. The van der Waals surface area contributed by atoms with Gasteiger partial charge in [-0.2, -0.15) is 10.2 Å². The molecular formula is C18H16ClN5O. The highest BCUT2D eigenvalue weighted by atomic mass is 35.5. The predicted octanol–water partition coefficient (Wildman–Crippen LogP) is 2.97. The first-order chi connectivity index (χ1) is 12.1. The molecule has 6 nitrogen and oxygen atoms in total. The van der Waals surface area contributed by atoms with Gasteiger partial charge in [-0.25, -0.2) is 4.68 Å². The van der Waals surface area contributed by atoms with Crippen molar-refractivity contribution < 1.29 is 4.79 Å². The summed E-state index contributed by atoms with van der Waals surface area (Å²) >= 11 is 6.02. The maximum absolute atomic E-state index is 12.7. The molecule has 1 aliphatic heterocycles. The van der Waals surface area contributed by atoms with Crippen LogP contribution in [0.3, 0.4) is 0 Å². The number of halogens is 1. The van der Waals surface area contributed by atoms with Gasteiger partial charge in [0.25, 0.3) is 5.91 Å². The number of hydrogen-bond acceptors (Lipinski definition) is 3. The van der Waals surface area contributed by atoms with Crippen LogP contribution in [0.15, 0.2) is 36.5 Å². The van der Waals surface area contributed by atoms with Crippen LogP contribution in [0, 0.1) is 0 Å². The summed E-state index contributed by atoms with van der Waals surface area (Å²) in [4.78, 5) is 12.7. The number of amides is 1. The first-order valence-electron chi connectivity index (χ1n) is 8.31. The standard InChI is InChI=1S/C18H16ClN5O/c1-23-13(8-9-20-23)24-17-14(15(22-24)10-2-3-10)18(25)21-16(17)11-4-6-12(19)7-5-11/h4-10,16H,2-3H2,1H3,(H,21,25). The van der Waals surface area contributed by atoms with Crippen LogP contribution in [-0.4, -0.2) is 25.5 Å². The first kappa shape index (κ1) is 14.7. The predicted molar refractivity (Wildman–Crippen MR) is 93.1 cm³/mol. The zero-order valence-corrected chi connectivity index (χ0v) is 14.4. The normalized spacial score (nSPS) is 19.1. The zero-order valence-electron chi connectivity index (χ0n) is 13.6. The Morgan fingerprint density at radius 2 is 1.96 bits per heavy atom. The van der Waals surface area contributed by atoms with Crippen LogP contribution in [0.25, 0.3) is 5.82 Å². The maximum atomic E-state index is 12.7. The van der Waals surface area contributed by atoms with E-state index in [-0.39, 0.29) is 11.9 Å². The molecule has 0 radical (unpaired) electrons. The molecule has 2 aromatic heterocycles. The van der Waals surface area contributed by atoms with Gasteiger partial charge in [0.1, 0.15) is 0 Å². The molecule has 1 aromatic carbocycles. The summed E-state index contributed by atoms with van der Waals surface area (Å²) < 4.78 is 3.64. The van der Waals surface area contributed by atoms with E-state index in [2.05, 4.69) is 10.4 Å². The van der Waals surface area contributed by atoms with Gasteiger partial charge in [0, 0.05) is 24.1 Å². The van der Waals surface area contributed by atoms with Crippen LogP contribution in [0.5, 0.6) is 0 Å². The third-order valence-electron chi connectivity index (χ3n) is 4.90. The smallest absolute Gasteiger partial charge is 0.255 e. The number of rotatable bonds is 3. The number of hydrogen-bond donors (Lipinski definition) is 1. The molecule has 0 bridgehead atoms. The van der Waals surface area contributed by atoms with Crippen molar-refractivity contribution in [2.75, 3.05) is 0 Å². The van der Waals surface area contributed by atoms with Crippen molar-refractivity contribution in [3.8, 4) is 5.82 Å². The molecule has 1 amide bonds. The molecule has 1 N–H and O–H groups in total. The van der Waals surface area contributed by atoms with Crippen LogP contribution < -0.4 is 5.32 Å². The van der Waals surface area contributed by atoms with Crippen molar-refractivity contribution in [1.29, 1.82) is 0 Å². The molecule has 25 heavy (non-hydrogen) atoms. The number of nitrogens with one attached hydrogen (secondary N) is 1. The van der Waals surface area contributed by atoms with Gasteiger partial charge in [0.15, 0.2) is 5.82 Å². The minimum absolute atomic E-state index is 0.0507. The van der Waals surface area contributed by atoms with Crippen molar-refractivity contribution in [2.45, 2.75) is 24.8 Å². The van der Waals surface area contributed by atoms with Gasteiger partial charge >= 0.3 is 0 Å². The number of aryl methyl sites for hydroxylation is 1. The van der Waals surface area contributed by atoms with Crippen LogP contribution in [0.4, 0.5) is 0 Å². The fraction of sp³-hybridized carbons (Fsp3) is 0.278. The number of nitrogens with zero attached hydrogens (tertiary/aromatic N) is 4. The molecule has 1 aliphatic carbocycles. The summed E-state index contributed by atoms with van der Waals surface area (Å²) in [6, 6.07) is 9.24. The number of benzene rings is 1. The van der Waals surface area contributed by atoms with E-state index in [1.54, 1.807) is 10.9 Å². The zero-order chi connectivity index (χ0) is 17.1. The monoisotopic (exact) mass is 353 g/mol. The maximum Gasteiger partial charge on any atom is 0.255 e. The fourth-order valence-corrected chi connectivity index (χ4v) is 3.63. The summed E-state index contributed by atoms with van der Waals surface area (Å²) in [5.74, 6) is 1.18. The third kappa shape index (κ3) is 2.21. The Hall–Kier alpha value is -2.60. The Morgan fingerprint density at radius 1 is 1.20 bits per heavy atom. The number of carbonyl (C=O) groups is 1. The van der Waals surface area contributed by atoms with E-state index in [1.165, 1.54) is 0 Å². The Morgan fingerprint density at radius 3 is 2.60 bits per heavy atom. The van der Waals surface area contributed by atoms with Crippen molar-refractivity contribution in [2.24, 2.45) is 7.05 Å². The van der Waals surface area contributed by atoms with Gasteiger partial charge in [0.05, 0.1) is 29.2 Å². The molecule has 3 heterocycles. The highest BCUT2D eigenvalue weighted by Crippen LogP contribution is 2.45. The molecular weight excluding hydrogens is 338 g/mol. The molecule has 2 aliphatic rings. The lowest BCUT2D eigenvalue weighted by Crippen LogP contribution is -2.23. The van der Waals surface area contributed by atoms with Crippen LogP contribution >= 0.6 is 11.6 Å². The molecule has 1 atom stereocenters. The second-order valence-electron chi connectivity index (χ2n) is 6.60. The van der Waals surface area contributed by atoms with Gasteiger partial charge in [-0.3, -0.25) is 9.48 Å². The van der Waals surface area contributed by atoms with Gasteiger partial charge in [-0.05, 0) is 30.5 Å². The molecule has 1 fully saturated rings. The minimum atomic E-state index is -0.241. The quantitative estimate of drug-likeness (QED) is 0.787. The third-order valence-corrected chi connectivity index (χ3v) is 5.16. The molecule has 7 heteroatoms. The largest absolute Gasteiger partial charge is 0.339 e. The van der Waals surface area contributed by atoms with Crippen molar-refractivity contribution in [1.82, 2.24) is 24.9 Å². The average Bonchev–Trinajstić information content (AvgIpc) is 3.10. The molecule has 5 rings (SSSR count). The molecule has 126 valence electrons. The fourth-order valence-electron chi connectivity index (χ4n) is 3.51. The van der Waals surface area contributed by atoms with E-state index in [4.69, 9.17) is 16.7 Å². The van der Waals surface area contributed by atoms with Crippen LogP contribution in [0.2, 0.25) is 5.02 Å². The molecule has 1 saturated carbocycles. The Balaban J connectivity index is 1.73. The van der Waals surface area contributed by atoms with E-state index in [1.807, 2.05) is 42.1 Å². The van der Waals surface area contributed by atoms with E-state index in [0.29, 0.717) is 10.9 Å². The van der Waals surface area contributed by atoms with E-state index < -0.39 is 0 Å². The molecule has 0 spiro atoms. The first-order valence-corrected chi connectivity index (χ1v) is 8.69. The Labute approximate surface area is 149 Å². The van der Waals surface area contributed by atoms with Crippen molar-refractivity contribution in [3.05, 3.63) is 64.1 Å². The van der Waals surface area contributed by atoms with Crippen LogP contribution in [0.1, 0.15) is 52.1 Å². The summed E-state index contributed by atoms with van der Waals surface area (Å²) in [6.07, 6.45) is 3.92. The highest BCUT2D eigenvalue weighted by molar-refractivity contribution is 6.30. The van der Waals surface area contributed by atoms with Gasteiger partial charge in [0.2, 0.25) is 0 Å². The van der Waals surface area contributed by atoms with Crippen LogP contribution in [-0.2, 0) is 7.05 Å². The summed E-state index contributed by atoms with van der Waals surface area (Å²) in [6.45, 7) is 0. The van der Waals surface area contributed by atoms with Gasteiger partial charge in [-0.15, -0.1) is 0 Å². The Bertz CT molecular complexity index is 984.